The van der Waals surface area contributed by atoms with Gasteiger partial charge in [-0.2, -0.15) is 0 Å². The number of benzene rings is 2. The minimum Gasteiger partial charge on any atom is -0.341 e. The van der Waals surface area contributed by atoms with Crippen LogP contribution in [0.1, 0.15) is 46.3 Å². The van der Waals surface area contributed by atoms with Crippen LogP contribution in [0.4, 0.5) is 5.69 Å². The average molecular weight is 338 g/mol. The van der Waals surface area contributed by atoms with Crippen LogP contribution in [0.25, 0.3) is 0 Å². The number of hydrogen-bond donors (Lipinski definition) is 2. The minimum absolute atomic E-state index is 0.239. The highest BCUT2D eigenvalue weighted by atomic mass is 16.2. The van der Waals surface area contributed by atoms with Gasteiger partial charge in [0.25, 0.3) is 0 Å². The first kappa shape index (κ1) is 18.7. The largest absolute Gasteiger partial charge is 0.341 e. The van der Waals surface area contributed by atoms with E-state index in [4.69, 9.17) is 0 Å². The summed E-state index contributed by atoms with van der Waals surface area (Å²) >= 11 is 0. The van der Waals surface area contributed by atoms with E-state index in [9.17, 15) is 9.59 Å². The lowest BCUT2D eigenvalue weighted by Crippen LogP contribution is -2.37. The molecule has 2 N–H and O–H groups in total. The number of carbonyl (C=O) groups excluding carboxylic acids is 2. The molecule has 4 nitrogen and oxygen atoms in total. The van der Waals surface area contributed by atoms with Crippen molar-refractivity contribution in [1.82, 2.24) is 5.32 Å². The molecule has 4 heteroatoms. The zero-order valence-electron chi connectivity index (χ0n) is 15.8. The Kier molecular flexibility index (Phi) is 5.62. The molecule has 0 bridgehead atoms. The Labute approximate surface area is 149 Å². The first-order chi connectivity index (χ1) is 11.7. The smallest absolute Gasteiger partial charge is 0.313 e. The number of hydrogen-bond acceptors (Lipinski definition) is 2. The maximum atomic E-state index is 12.2. The summed E-state index contributed by atoms with van der Waals surface area (Å²) in [6, 6.07) is 9.63. The number of amides is 2. The normalized spacial score (nSPS) is 11.8. The molecule has 1 unspecified atom stereocenters. The summed E-state index contributed by atoms with van der Waals surface area (Å²) in [6.07, 6.45) is 0. The summed E-state index contributed by atoms with van der Waals surface area (Å²) in [5.41, 5.74) is 7.22. The Morgan fingerprint density at radius 1 is 0.760 bits per heavy atom. The van der Waals surface area contributed by atoms with Gasteiger partial charge in [0, 0.05) is 5.69 Å². The van der Waals surface area contributed by atoms with Crippen LogP contribution < -0.4 is 10.6 Å². The van der Waals surface area contributed by atoms with Crippen molar-refractivity contribution in [2.45, 2.75) is 47.6 Å². The van der Waals surface area contributed by atoms with Crippen molar-refractivity contribution >= 4 is 17.5 Å². The lowest BCUT2D eigenvalue weighted by Gasteiger charge is -2.18. The lowest BCUT2D eigenvalue weighted by molar-refractivity contribution is -0.136. The summed E-state index contributed by atoms with van der Waals surface area (Å²) < 4.78 is 0. The van der Waals surface area contributed by atoms with Gasteiger partial charge >= 0.3 is 11.8 Å². The predicted octanol–water partition coefficient (Wildman–Crippen LogP) is 4.04. The predicted molar refractivity (Wildman–Crippen MR) is 102 cm³/mol. The van der Waals surface area contributed by atoms with Gasteiger partial charge < -0.3 is 10.6 Å². The Bertz CT molecular complexity index is 805. The first-order valence-electron chi connectivity index (χ1n) is 8.45. The maximum absolute atomic E-state index is 12.2. The molecule has 2 amide bonds. The van der Waals surface area contributed by atoms with E-state index in [0.717, 1.165) is 22.3 Å². The molecule has 0 spiro atoms. The standard InChI is InChI=1S/C21H26N2O2/c1-12-7-13(2)9-18(8-12)23-21(25)20(24)22-17(6)19-11-15(4)14(3)10-16(19)5/h7-11,17H,1-6H3,(H,22,24)(H,23,25). The van der Waals surface area contributed by atoms with E-state index in [1.54, 1.807) is 0 Å². The lowest BCUT2D eigenvalue weighted by atomic mass is 9.96. The SMILES string of the molecule is Cc1cc(C)cc(NC(=O)C(=O)NC(C)c2cc(C)c(C)cc2C)c1. The topological polar surface area (TPSA) is 58.2 Å². The van der Waals surface area contributed by atoms with Gasteiger partial charge in [-0.05, 0) is 87.1 Å². The third-order valence-electron chi connectivity index (χ3n) is 4.38. The number of aryl methyl sites for hydroxylation is 5. The Morgan fingerprint density at radius 3 is 1.92 bits per heavy atom. The fourth-order valence-corrected chi connectivity index (χ4v) is 3.02. The van der Waals surface area contributed by atoms with Gasteiger partial charge in [0.05, 0.1) is 6.04 Å². The first-order valence-corrected chi connectivity index (χ1v) is 8.45. The van der Waals surface area contributed by atoms with E-state index in [-0.39, 0.29) is 6.04 Å². The van der Waals surface area contributed by atoms with E-state index in [1.165, 1.54) is 11.1 Å². The van der Waals surface area contributed by atoms with Crippen LogP contribution in [0, 0.1) is 34.6 Å². The molecular formula is C21H26N2O2. The second-order valence-corrected chi connectivity index (χ2v) is 6.82. The molecule has 2 rings (SSSR count). The van der Waals surface area contributed by atoms with Crippen LogP contribution in [-0.2, 0) is 9.59 Å². The van der Waals surface area contributed by atoms with Crippen molar-refractivity contribution in [1.29, 1.82) is 0 Å². The second-order valence-electron chi connectivity index (χ2n) is 6.82. The average Bonchev–Trinajstić information content (AvgIpc) is 2.49. The van der Waals surface area contributed by atoms with Gasteiger partial charge in [-0.3, -0.25) is 9.59 Å². The van der Waals surface area contributed by atoms with Gasteiger partial charge in [0.15, 0.2) is 0 Å². The fraction of sp³-hybridized carbons (Fsp3) is 0.333. The molecule has 0 aromatic heterocycles. The van der Waals surface area contributed by atoms with E-state index in [1.807, 2.05) is 52.8 Å². The zero-order valence-corrected chi connectivity index (χ0v) is 15.8. The summed E-state index contributed by atoms with van der Waals surface area (Å²) in [6.45, 7) is 11.9. The van der Waals surface area contributed by atoms with Crippen LogP contribution in [0.2, 0.25) is 0 Å². The zero-order chi connectivity index (χ0) is 18.7. The molecule has 132 valence electrons. The molecule has 2 aromatic carbocycles. The van der Waals surface area contributed by atoms with Gasteiger partial charge in [-0.25, -0.2) is 0 Å². The van der Waals surface area contributed by atoms with Crippen molar-refractivity contribution in [3.63, 3.8) is 0 Å². The van der Waals surface area contributed by atoms with Crippen molar-refractivity contribution in [2.75, 3.05) is 5.32 Å². The van der Waals surface area contributed by atoms with Crippen LogP contribution in [0.5, 0.6) is 0 Å². The summed E-state index contributed by atoms with van der Waals surface area (Å²) in [5, 5.41) is 5.45. The second kappa shape index (κ2) is 7.51. The minimum atomic E-state index is -0.654. The van der Waals surface area contributed by atoms with Crippen LogP contribution in [0.15, 0.2) is 30.3 Å². The Morgan fingerprint density at radius 2 is 1.32 bits per heavy atom. The monoisotopic (exact) mass is 338 g/mol. The summed E-state index contributed by atoms with van der Waals surface area (Å²) in [7, 11) is 0. The van der Waals surface area contributed by atoms with Gasteiger partial charge in [-0.1, -0.05) is 18.2 Å². The van der Waals surface area contributed by atoms with E-state index in [2.05, 4.69) is 29.7 Å². The molecule has 0 radical (unpaired) electrons. The number of rotatable bonds is 3. The number of carbonyl (C=O) groups is 2. The van der Waals surface area contributed by atoms with Crippen molar-refractivity contribution in [2.24, 2.45) is 0 Å². The molecule has 0 aliphatic carbocycles. The maximum Gasteiger partial charge on any atom is 0.313 e. The molecule has 25 heavy (non-hydrogen) atoms. The summed E-state index contributed by atoms with van der Waals surface area (Å²) in [5.74, 6) is -1.29. The molecule has 0 saturated carbocycles. The van der Waals surface area contributed by atoms with Crippen molar-refractivity contribution < 1.29 is 9.59 Å². The van der Waals surface area contributed by atoms with E-state index in [0.29, 0.717) is 5.69 Å². The summed E-state index contributed by atoms with van der Waals surface area (Å²) in [4.78, 5) is 24.4. The molecule has 0 saturated heterocycles. The molecule has 0 aliphatic rings. The molecule has 1 atom stereocenters. The Balaban J connectivity index is 2.08. The van der Waals surface area contributed by atoms with Crippen LogP contribution in [0.3, 0.4) is 0 Å². The molecule has 0 fully saturated rings. The third-order valence-corrected chi connectivity index (χ3v) is 4.38. The highest BCUT2D eigenvalue weighted by Gasteiger charge is 2.19. The third kappa shape index (κ3) is 4.69. The van der Waals surface area contributed by atoms with Gasteiger partial charge in [0.1, 0.15) is 0 Å². The molecule has 0 heterocycles. The van der Waals surface area contributed by atoms with Crippen LogP contribution >= 0.6 is 0 Å². The van der Waals surface area contributed by atoms with Gasteiger partial charge in [0.2, 0.25) is 0 Å². The fourth-order valence-electron chi connectivity index (χ4n) is 3.02. The Hall–Kier alpha value is -2.62. The number of anilines is 1. The van der Waals surface area contributed by atoms with E-state index < -0.39 is 11.8 Å². The van der Waals surface area contributed by atoms with Crippen LogP contribution in [-0.4, -0.2) is 11.8 Å². The molecular weight excluding hydrogens is 312 g/mol. The highest BCUT2D eigenvalue weighted by Crippen LogP contribution is 2.21. The number of nitrogens with one attached hydrogen (secondary N) is 2. The molecule has 2 aromatic rings. The quantitative estimate of drug-likeness (QED) is 0.830. The highest BCUT2D eigenvalue weighted by molar-refractivity contribution is 6.39. The van der Waals surface area contributed by atoms with Gasteiger partial charge in [-0.15, -0.1) is 0 Å². The molecule has 0 aliphatic heterocycles. The van der Waals surface area contributed by atoms with Crippen molar-refractivity contribution in [3.8, 4) is 0 Å². The van der Waals surface area contributed by atoms with Crippen molar-refractivity contribution in [3.05, 3.63) is 63.7 Å². The van der Waals surface area contributed by atoms with E-state index >= 15 is 0 Å².